The minimum atomic E-state index is -0.216. The first-order valence-electron chi connectivity index (χ1n) is 9.52. The Kier molecular flexibility index (Phi) is 6.43. The van der Waals surface area contributed by atoms with Crippen molar-refractivity contribution >= 4 is 5.91 Å². The van der Waals surface area contributed by atoms with Gasteiger partial charge >= 0.3 is 0 Å². The second kappa shape index (κ2) is 8.77. The summed E-state index contributed by atoms with van der Waals surface area (Å²) in [6.07, 6.45) is 4.18. The lowest BCUT2D eigenvalue weighted by atomic mass is 9.98. The van der Waals surface area contributed by atoms with E-state index in [2.05, 4.69) is 4.90 Å². The minimum Gasteiger partial charge on any atom is -0.381 e. The number of hydrogen-bond donors (Lipinski definition) is 0. The average Bonchev–Trinajstić information content (AvgIpc) is 3.09. The van der Waals surface area contributed by atoms with Crippen molar-refractivity contribution in [1.82, 2.24) is 9.80 Å². The molecular formula is C20H29FN2O2. The molecule has 2 aliphatic heterocycles. The first-order valence-corrected chi connectivity index (χ1v) is 9.52. The van der Waals surface area contributed by atoms with E-state index in [9.17, 15) is 9.18 Å². The van der Waals surface area contributed by atoms with Crippen molar-refractivity contribution in [3.63, 3.8) is 0 Å². The van der Waals surface area contributed by atoms with Gasteiger partial charge in [0.05, 0.1) is 12.6 Å². The second-order valence-electron chi connectivity index (χ2n) is 7.21. The van der Waals surface area contributed by atoms with Crippen molar-refractivity contribution in [2.75, 3.05) is 32.8 Å². The van der Waals surface area contributed by atoms with Crippen molar-refractivity contribution in [3.8, 4) is 0 Å². The van der Waals surface area contributed by atoms with Gasteiger partial charge in [0.1, 0.15) is 5.82 Å². The predicted octanol–water partition coefficient (Wildman–Crippen LogP) is 3.07. The molecule has 1 aromatic carbocycles. The van der Waals surface area contributed by atoms with Crippen molar-refractivity contribution in [1.29, 1.82) is 0 Å². The summed E-state index contributed by atoms with van der Waals surface area (Å²) in [5.74, 6) is 0.511. The van der Waals surface area contributed by atoms with Gasteiger partial charge in [-0.25, -0.2) is 4.39 Å². The van der Waals surface area contributed by atoms with Gasteiger partial charge in [-0.3, -0.25) is 9.69 Å². The van der Waals surface area contributed by atoms with E-state index in [0.717, 1.165) is 64.1 Å². The molecule has 5 heteroatoms. The van der Waals surface area contributed by atoms with Crippen LogP contribution in [-0.4, -0.2) is 54.6 Å². The molecule has 2 aliphatic rings. The summed E-state index contributed by atoms with van der Waals surface area (Å²) in [6, 6.07) is 6.58. The molecular weight excluding hydrogens is 319 g/mol. The van der Waals surface area contributed by atoms with Crippen LogP contribution in [0.5, 0.6) is 0 Å². The number of amides is 1. The molecule has 1 aromatic rings. The number of rotatable bonds is 6. The summed E-state index contributed by atoms with van der Waals surface area (Å²) < 4.78 is 18.6. The van der Waals surface area contributed by atoms with Crippen LogP contribution in [0.1, 0.15) is 38.2 Å². The summed E-state index contributed by atoms with van der Waals surface area (Å²) in [5, 5.41) is 0. The maximum Gasteiger partial charge on any atom is 0.239 e. The number of nitrogens with zero attached hydrogens (tertiary/aromatic N) is 2. The van der Waals surface area contributed by atoms with Gasteiger partial charge in [-0.15, -0.1) is 0 Å². The fourth-order valence-electron chi connectivity index (χ4n) is 4.02. The van der Waals surface area contributed by atoms with E-state index in [1.54, 1.807) is 0 Å². The van der Waals surface area contributed by atoms with Gasteiger partial charge in [-0.1, -0.05) is 12.1 Å². The number of carbonyl (C=O) groups excluding carboxylic acids is 1. The van der Waals surface area contributed by atoms with E-state index < -0.39 is 0 Å². The normalized spacial score (nSPS) is 24.6. The Morgan fingerprint density at radius 2 is 1.96 bits per heavy atom. The highest BCUT2D eigenvalue weighted by Crippen LogP contribution is 2.25. The van der Waals surface area contributed by atoms with Crippen LogP contribution in [0.25, 0.3) is 0 Å². The third-order valence-corrected chi connectivity index (χ3v) is 5.34. The fourth-order valence-corrected chi connectivity index (χ4v) is 4.02. The summed E-state index contributed by atoms with van der Waals surface area (Å²) in [6.45, 7) is 6.83. The van der Waals surface area contributed by atoms with E-state index in [-0.39, 0.29) is 17.8 Å². The van der Waals surface area contributed by atoms with Crippen LogP contribution in [-0.2, 0) is 16.1 Å². The largest absolute Gasteiger partial charge is 0.381 e. The molecule has 0 unspecified atom stereocenters. The quantitative estimate of drug-likeness (QED) is 0.792. The molecule has 25 heavy (non-hydrogen) atoms. The monoisotopic (exact) mass is 348 g/mol. The number of likely N-dealkylation sites (tertiary alicyclic amines) is 2. The smallest absolute Gasteiger partial charge is 0.239 e. The maximum absolute atomic E-state index is 13.1. The highest BCUT2D eigenvalue weighted by molar-refractivity contribution is 5.82. The van der Waals surface area contributed by atoms with Gasteiger partial charge in [-0.05, 0) is 62.8 Å². The van der Waals surface area contributed by atoms with Crippen molar-refractivity contribution in [3.05, 3.63) is 35.6 Å². The molecule has 2 saturated heterocycles. The molecule has 0 saturated carbocycles. The van der Waals surface area contributed by atoms with E-state index in [1.807, 2.05) is 24.0 Å². The Morgan fingerprint density at radius 1 is 1.20 bits per heavy atom. The third kappa shape index (κ3) is 4.79. The molecule has 0 aromatic heterocycles. The second-order valence-corrected chi connectivity index (χ2v) is 7.21. The van der Waals surface area contributed by atoms with Gasteiger partial charge in [-0.2, -0.15) is 0 Å². The Bertz CT molecular complexity index is 563. The van der Waals surface area contributed by atoms with Gasteiger partial charge in [0, 0.05) is 26.2 Å². The third-order valence-electron chi connectivity index (χ3n) is 5.34. The first-order chi connectivity index (χ1) is 12.2. The lowest BCUT2D eigenvalue weighted by Gasteiger charge is -2.36. The van der Waals surface area contributed by atoms with Crippen molar-refractivity contribution in [2.24, 2.45) is 5.92 Å². The van der Waals surface area contributed by atoms with Crippen LogP contribution in [0.4, 0.5) is 4.39 Å². The molecule has 4 nitrogen and oxygen atoms in total. The number of carbonyl (C=O) groups is 1. The molecule has 0 bridgehead atoms. The zero-order valence-electron chi connectivity index (χ0n) is 15.1. The van der Waals surface area contributed by atoms with Crippen LogP contribution < -0.4 is 0 Å². The predicted molar refractivity (Wildman–Crippen MR) is 95.6 cm³/mol. The topological polar surface area (TPSA) is 32.8 Å². The molecule has 2 atom stereocenters. The molecule has 0 spiro atoms. The highest BCUT2D eigenvalue weighted by atomic mass is 19.1. The molecule has 0 N–H and O–H groups in total. The lowest BCUT2D eigenvalue weighted by Crippen LogP contribution is -2.49. The van der Waals surface area contributed by atoms with Crippen molar-refractivity contribution < 1.29 is 13.9 Å². The molecule has 2 heterocycles. The minimum absolute atomic E-state index is 0.0316. The summed E-state index contributed by atoms with van der Waals surface area (Å²) in [4.78, 5) is 17.4. The van der Waals surface area contributed by atoms with E-state index in [4.69, 9.17) is 4.74 Å². The van der Waals surface area contributed by atoms with Crippen LogP contribution in [0.15, 0.2) is 24.3 Å². The molecule has 1 amide bonds. The van der Waals surface area contributed by atoms with Crippen LogP contribution in [0.2, 0.25) is 0 Å². The zero-order valence-corrected chi connectivity index (χ0v) is 15.1. The van der Waals surface area contributed by atoms with Gasteiger partial charge in [0.2, 0.25) is 5.91 Å². The zero-order chi connectivity index (χ0) is 17.6. The van der Waals surface area contributed by atoms with E-state index in [1.165, 1.54) is 12.1 Å². The Balaban J connectivity index is 1.59. The summed E-state index contributed by atoms with van der Waals surface area (Å²) >= 11 is 0. The van der Waals surface area contributed by atoms with E-state index in [0.29, 0.717) is 12.5 Å². The number of hydrogen-bond acceptors (Lipinski definition) is 3. The first kappa shape index (κ1) is 18.3. The highest BCUT2D eigenvalue weighted by Gasteiger charge is 2.35. The Labute approximate surface area is 149 Å². The van der Waals surface area contributed by atoms with Gasteiger partial charge in [0.25, 0.3) is 0 Å². The number of ether oxygens (including phenoxy) is 1. The fraction of sp³-hybridized carbons (Fsp3) is 0.650. The van der Waals surface area contributed by atoms with E-state index >= 15 is 0 Å². The standard InChI is InChI=1S/C20H29FN2O2/c1-2-25-15-17-5-3-12-23(14-17)20(24)19-6-4-11-22(19)13-16-7-9-18(21)10-8-16/h7-10,17,19H,2-6,11-15H2,1H3/t17-,19+/m0/s1. The molecule has 0 radical (unpaired) electrons. The van der Waals surface area contributed by atoms with Crippen LogP contribution in [0, 0.1) is 11.7 Å². The van der Waals surface area contributed by atoms with Crippen LogP contribution in [0.3, 0.4) is 0 Å². The Hall–Kier alpha value is -1.46. The molecule has 0 aliphatic carbocycles. The summed E-state index contributed by atoms with van der Waals surface area (Å²) in [7, 11) is 0. The van der Waals surface area contributed by atoms with Crippen molar-refractivity contribution in [2.45, 2.75) is 45.2 Å². The Morgan fingerprint density at radius 3 is 2.72 bits per heavy atom. The molecule has 138 valence electrons. The SMILES string of the molecule is CCOC[C@H]1CCCN(C(=O)[C@H]2CCCN2Cc2ccc(F)cc2)C1. The summed E-state index contributed by atoms with van der Waals surface area (Å²) in [5.41, 5.74) is 1.06. The lowest BCUT2D eigenvalue weighted by molar-refractivity contribution is -0.138. The number of benzene rings is 1. The maximum atomic E-state index is 13.1. The molecule has 3 rings (SSSR count). The van der Waals surface area contributed by atoms with Crippen LogP contribution >= 0.6 is 0 Å². The number of halogens is 1. The number of piperidine rings is 1. The average molecular weight is 348 g/mol. The van der Waals surface area contributed by atoms with Gasteiger partial charge in [0.15, 0.2) is 0 Å². The molecule has 2 fully saturated rings. The van der Waals surface area contributed by atoms with Gasteiger partial charge < -0.3 is 9.64 Å².